The Morgan fingerprint density at radius 1 is 1.14 bits per heavy atom. The van der Waals surface area contributed by atoms with Gasteiger partial charge in [-0.3, -0.25) is 14.5 Å². The Morgan fingerprint density at radius 3 is 2.57 bits per heavy atom. The first-order valence-electron chi connectivity index (χ1n) is 3.76. The van der Waals surface area contributed by atoms with E-state index in [-0.39, 0.29) is 10.4 Å². The first-order chi connectivity index (χ1) is 6.59. The van der Waals surface area contributed by atoms with Crippen molar-refractivity contribution in [1.29, 1.82) is 0 Å². The highest BCUT2D eigenvalue weighted by Crippen LogP contribution is 2.18. The minimum atomic E-state index is -4.23. The molecule has 2 aromatic rings. The molecule has 0 atom stereocenters. The van der Waals surface area contributed by atoms with Crippen LogP contribution in [0.15, 0.2) is 35.5 Å². The maximum atomic E-state index is 10.9. The van der Waals surface area contributed by atoms with Crippen LogP contribution >= 0.6 is 0 Å². The van der Waals surface area contributed by atoms with Crippen LogP contribution in [0.1, 0.15) is 0 Å². The second kappa shape index (κ2) is 3.00. The van der Waals surface area contributed by atoms with Crippen LogP contribution in [0.2, 0.25) is 0 Å². The highest BCUT2D eigenvalue weighted by Gasteiger charge is 2.14. The zero-order valence-electron chi connectivity index (χ0n) is 6.95. The number of fused-ring (bicyclic) bond motifs is 1. The highest BCUT2D eigenvalue weighted by atomic mass is 32.2. The van der Waals surface area contributed by atoms with Crippen LogP contribution < -0.4 is 0 Å². The maximum Gasteiger partial charge on any atom is 0.296 e. The van der Waals surface area contributed by atoms with Crippen molar-refractivity contribution in [2.45, 2.75) is 4.90 Å². The summed E-state index contributed by atoms with van der Waals surface area (Å²) >= 11 is 0. The van der Waals surface area contributed by atoms with Gasteiger partial charge < -0.3 is 0 Å². The molecule has 14 heavy (non-hydrogen) atoms. The van der Waals surface area contributed by atoms with Crippen molar-refractivity contribution in [3.63, 3.8) is 0 Å². The molecule has 0 aliphatic heterocycles. The van der Waals surface area contributed by atoms with Crippen LogP contribution in [0.5, 0.6) is 0 Å². The van der Waals surface area contributed by atoms with Gasteiger partial charge in [0.25, 0.3) is 10.1 Å². The minimum Gasteiger partial charge on any atom is -0.282 e. The Hall–Kier alpha value is -1.53. The molecule has 0 aliphatic rings. The van der Waals surface area contributed by atoms with E-state index in [1.54, 1.807) is 6.07 Å². The standard InChI is InChI=1S/C8H6N2O3S/c11-14(12,13)7-3-1-2-6-8(7)10-5-4-9-6/h1-5H,(H,11,12,13). The van der Waals surface area contributed by atoms with E-state index in [0.29, 0.717) is 5.52 Å². The summed E-state index contributed by atoms with van der Waals surface area (Å²) < 4.78 is 30.8. The number of benzene rings is 1. The zero-order chi connectivity index (χ0) is 10.2. The predicted octanol–water partition coefficient (Wildman–Crippen LogP) is 0.877. The molecule has 1 heterocycles. The summed E-state index contributed by atoms with van der Waals surface area (Å²) in [6, 6.07) is 4.41. The molecule has 0 saturated heterocycles. The molecular weight excluding hydrogens is 204 g/mol. The van der Waals surface area contributed by atoms with Gasteiger partial charge in [0.1, 0.15) is 10.4 Å². The average molecular weight is 210 g/mol. The van der Waals surface area contributed by atoms with E-state index >= 15 is 0 Å². The first kappa shape index (κ1) is 9.04. The molecule has 0 amide bonds. The Balaban J connectivity index is 2.92. The van der Waals surface area contributed by atoms with Gasteiger partial charge in [0, 0.05) is 12.4 Å². The SMILES string of the molecule is O=S(=O)(O)c1cccc2nccnc12. The Morgan fingerprint density at radius 2 is 1.86 bits per heavy atom. The van der Waals surface area contributed by atoms with Crippen molar-refractivity contribution in [1.82, 2.24) is 9.97 Å². The van der Waals surface area contributed by atoms with Gasteiger partial charge in [0.2, 0.25) is 0 Å². The fraction of sp³-hybridized carbons (Fsp3) is 0. The summed E-state index contributed by atoms with van der Waals surface area (Å²) in [5, 5.41) is 0. The van der Waals surface area contributed by atoms with Crippen molar-refractivity contribution in [2.24, 2.45) is 0 Å². The summed E-state index contributed by atoms with van der Waals surface area (Å²) in [7, 11) is -4.23. The summed E-state index contributed by atoms with van der Waals surface area (Å²) in [6.07, 6.45) is 2.83. The van der Waals surface area contributed by atoms with Crippen molar-refractivity contribution >= 4 is 21.2 Å². The Labute approximate surface area is 80.2 Å². The monoisotopic (exact) mass is 210 g/mol. The predicted molar refractivity (Wildman–Crippen MR) is 49.4 cm³/mol. The number of nitrogens with zero attached hydrogens (tertiary/aromatic N) is 2. The molecule has 2 rings (SSSR count). The number of hydrogen-bond donors (Lipinski definition) is 1. The van der Waals surface area contributed by atoms with Crippen LogP contribution in [0.3, 0.4) is 0 Å². The summed E-state index contributed by atoms with van der Waals surface area (Å²) in [6.45, 7) is 0. The topological polar surface area (TPSA) is 80.2 Å². The van der Waals surface area contributed by atoms with Crippen molar-refractivity contribution < 1.29 is 13.0 Å². The van der Waals surface area contributed by atoms with Gasteiger partial charge >= 0.3 is 0 Å². The molecule has 0 bridgehead atoms. The van der Waals surface area contributed by atoms with Gasteiger partial charge in [0.05, 0.1) is 5.52 Å². The number of rotatable bonds is 1. The molecule has 1 aromatic carbocycles. The third kappa shape index (κ3) is 1.45. The number of para-hydroxylation sites is 1. The lowest BCUT2D eigenvalue weighted by Gasteiger charge is -2.00. The van der Waals surface area contributed by atoms with Crippen LogP contribution in [-0.4, -0.2) is 22.9 Å². The second-order valence-corrected chi connectivity index (χ2v) is 4.05. The third-order valence-corrected chi connectivity index (χ3v) is 2.62. The lowest BCUT2D eigenvalue weighted by Crippen LogP contribution is -2.00. The average Bonchev–Trinajstić information content (AvgIpc) is 2.15. The van der Waals surface area contributed by atoms with Crippen LogP contribution in [0, 0.1) is 0 Å². The third-order valence-electron chi connectivity index (χ3n) is 1.74. The van der Waals surface area contributed by atoms with Gasteiger partial charge in [-0.25, -0.2) is 0 Å². The van der Waals surface area contributed by atoms with E-state index in [2.05, 4.69) is 9.97 Å². The summed E-state index contributed by atoms with van der Waals surface area (Å²) in [5.74, 6) is 0. The lowest BCUT2D eigenvalue weighted by molar-refractivity contribution is 0.484. The Bertz CT molecular complexity index is 575. The fourth-order valence-corrected chi connectivity index (χ4v) is 1.83. The summed E-state index contributed by atoms with van der Waals surface area (Å²) in [5.41, 5.74) is 0.611. The highest BCUT2D eigenvalue weighted by molar-refractivity contribution is 7.86. The van der Waals surface area contributed by atoms with E-state index < -0.39 is 10.1 Å². The molecule has 1 N–H and O–H groups in total. The smallest absolute Gasteiger partial charge is 0.282 e. The van der Waals surface area contributed by atoms with Gasteiger partial charge in [-0.15, -0.1) is 0 Å². The molecule has 0 fully saturated rings. The van der Waals surface area contributed by atoms with E-state index in [0.717, 1.165) is 0 Å². The number of aromatic nitrogens is 2. The minimum absolute atomic E-state index is 0.178. The van der Waals surface area contributed by atoms with E-state index in [1.807, 2.05) is 0 Å². The van der Waals surface area contributed by atoms with Gasteiger partial charge in [-0.1, -0.05) is 6.07 Å². The number of hydrogen-bond acceptors (Lipinski definition) is 4. The largest absolute Gasteiger partial charge is 0.296 e. The van der Waals surface area contributed by atoms with Crippen LogP contribution in [0.4, 0.5) is 0 Å². The normalized spacial score (nSPS) is 11.8. The molecule has 0 unspecified atom stereocenters. The molecule has 1 aromatic heterocycles. The molecule has 5 nitrogen and oxygen atoms in total. The van der Waals surface area contributed by atoms with Crippen molar-refractivity contribution in [2.75, 3.05) is 0 Å². The van der Waals surface area contributed by atoms with Crippen molar-refractivity contribution in [3.05, 3.63) is 30.6 Å². The Kier molecular flexibility index (Phi) is 1.94. The fourth-order valence-electron chi connectivity index (χ4n) is 1.17. The van der Waals surface area contributed by atoms with Gasteiger partial charge in [-0.2, -0.15) is 8.42 Å². The molecule has 0 aliphatic carbocycles. The quantitative estimate of drug-likeness (QED) is 0.706. The molecule has 0 spiro atoms. The van der Waals surface area contributed by atoms with Gasteiger partial charge in [0.15, 0.2) is 0 Å². The van der Waals surface area contributed by atoms with Gasteiger partial charge in [-0.05, 0) is 12.1 Å². The van der Waals surface area contributed by atoms with Crippen LogP contribution in [0.25, 0.3) is 11.0 Å². The maximum absolute atomic E-state index is 10.9. The van der Waals surface area contributed by atoms with E-state index in [1.165, 1.54) is 24.5 Å². The lowest BCUT2D eigenvalue weighted by atomic mass is 10.3. The molecule has 72 valence electrons. The molecule has 6 heteroatoms. The second-order valence-electron chi connectivity index (χ2n) is 2.66. The zero-order valence-corrected chi connectivity index (χ0v) is 7.77. The molecule has 0 radical (unpaired) electrons. The van der Waals surface area contributed by atoms with E-state index in [9.17, 15) is 8.42 Å². The molecule has 0 saturated carbocycles. The van der Waals surface area contributed by atoms with Crippen molar-refractivity contribution in [3.8, 4) is 0 Å². The van der Waals surface area contributed by atoms with E-state index in [4.69, 9.17) is 4.55 Å². The first-order valence-corrected chi connectivity index (χ1v) is 5.20. The molecular formula is C8H6N2O3S. The van der Waals surface area contributed by atoms with Crippen LogP contribution in [-0.2, 0) is 10.1 Å². The summed E-state index contributed by atoms with van der Waals surface area (Å²) in [4.78, 5) is 7.54.